The molecule has 0 amide bonds. The molecule has 6 nitrogen and oxygen atoms in total. The second-order valence-electron chi connectivity index (χ2n) is 11.8. The number of halogens is 2. The number of nitrogens with zero attached hydrogens (tertiary/aromatic N) is 2. The lowest BCUT2D eigenvalue weighted by atomic mass is 9.88. The van der Waals surface area contributed by atoms with E-state index in [1.807, 2.05) is 47.3 Å². The van der Waals surface area contributed by atoms with Crippen LogP contribution in [-0.2, 0) is 9.53 Å². The minimum atomic E-state index is -0.540. The van der Waals surface area contributed by atoms with E-state index in [2.05, 4.69) is 53.0 Å². The molecule has 1 atom stereocenters. The highest BCUT2D eigenvalue weighted by Crippen LogP contribution is 2.40. The minimum Gasteiger partial charge on any atom is -0.465 e. The van der Waals surface area contributed by atoms with Crippen molar-refractivity contribution < 1.29 is 18.7 Å². The number of nitrogens with one attached hydrogen (secondary N) is 1. The molecule has 3 aromatic carbocycles. The molecule has 6 rings (SSSR count). The van der Waals surface area contributed by atoms with Gasteiger partial charge >= 0.3 is 5.97 Å². The number of esters is 1. The number of rotatable bonds is 2. The Morgan fingerprint density at radius 2 is 2.00 bits per heavy atom. The van der Waals surface area contributed by atoms with E-state index in [0.29, 0.717) is 27.5 Å². The van der Waals surface area contributed by atoms with Gasteiger partial charge in [0.25, 0.3) is 0 Å². The number of methoxy groups -OCH3 is 1. The highest BCUT2D eigenvalue weighted by Gasteiger charge is 2.25. The van der Waals surface area contributed by atoms with Gasteiger partial charge in [-0.05, 0) is 66.3 Å². The first-order chi connectivity index (χ1) is 21.2. The number of H-pyrrole nitrogens is 1. The van der Waals surface area contributed by atoms with Crippen molar-refractivity contribution >= 4 is 50.6 Å². The smallest absolute Gasteiger partial charge is 0.344 e. The summed E-state index contributed by atoms with van der Waals surface area (Å²) in [6.07, 6.45) is 8.25. The zero-order valence-corrected chi connectivity index (χ0v) is 27.2. The van der Waals surface area contributed by atoms with Crippen molar-refractivity contribution in [1.82, 2.24) is 14.8 Å². The molecule has 4 bridgehead atoms. The lowest BCUT2D eigenvalue weighted by Crippen LogP contribution is -2.18. The Bertz CT molecular complexity index is 1860. The standard InChI is InChI=1S/C35H33BrFN3O3S/c1-35(2)14-6-11-31(23-8-4-9-24(36)17-23)40-16-13-29(39-40)22-7-5-10-25(18-22)43-33-27(19-32(44-21-35)34(41)42-3)26-12-15-38-30(26)20-28(33)37/h4-5,7-10,12-13,15-20,31,38H,6,11,14,21H2,1-3H3/b32-19+. The maximum absolute atomic E-state index is 15.7. The number of benzene rings is 3. The number of aromatic nitrogens is 3. The van der Waals surface area contributed by atoms with Gasteiger partial charge in [-0.1, -0.05) is 60.5 Å². The van der Waals surface area contributed by atoms with Crippen molar-refractivity contribution in [2.75, 3.05) is 12.9 Å². The Labute approximate surface area is 268 Å². The maximum atomic E-state index is 15.7. The summed E-state index contributed by atoms with van der Waals surface area (Å²) in [5.41, 5.74) is 3.80. The van der Waals surface area contributed by atoms with Crippen molar-refractivity contribution in [1.29, 1.82) is 0 Å². The van der Waals surface area contributed by atoms with E-state index in [4.69, 9.17) is 14.6 Å². The molecule has 9 heteroatoms. The summed E-state index contributed by atoms with van der Waals surface area (Å²) in [6.45, 7) is 4.42. The van der Waals surface area contributed by atoms with Crippen LogP contribution in [0.3, 0.4) is 0 Å². The molecular weight excluding hydrogens is 641 g/mol. The molecule has 5 aromatic rings. The van der Waals surface area contributed by atoms with E-state index in [1.165, 1.54) is 30.5 Å². The third kappa shape index (κ3) is 6.49. The van der Waals surface area contributed by atoms with Crippen LogP contribution in [0.4, 0.5) is 4.39 Å². The fourth-order valence-corrected chi connectivity index (χ4v) is 7.12. The summed E-state index contributed by atoms with van der Waals surface area (Å²) >= 11 is 5.06. The van der Waals surface area contributed by atoms with Crippen LogP contribution in [0.15, 0.2) is 88.5 Å². The van der Waals surface area contributed by atoms with E-state index in [9.17, 15) is 4.79 Å². The number of hydrogen-bond acceptors (Lipinski definition) is 5. The number of carbonyl (C=O) groups is 1. The number of fused-ring (bicyclic) bond motifs is 8. The zero-order valence-electron chi connectivity index (χ0n) is 24.8. The SMILES string of the molecule is COC(=O)/C1=C\c2c(c(F)cc3[nH]ccc23)Oc2cccc(c2)-c2ccn(n2)C(c2cccc(Br)c2)CCCC(C)(C)CS1. The zero-order chi connectivity index (χ0) is 30.8. The van der Waals surface area contributed by atoms with Crippen LogP contribution in [0.5, 0.6) is 11.5 Å². The van der Waals surface area contributed by atoms with Crippen molar-refractivity contribution in [3.63, 3.8) is 0 Å². The number of ether oxygens (including phenoxy) is 2. The van der Waals surface area contributed by atoms with Crippen LogP contribution < -0.4 is 4.74 Å². The molecule has 1 aliphatic rings. The van der Waals surface area contributed by atoms with E-state index in [0.717, 1.165) is 40.4 Å². The number of carbonyl (C=O) groups excluding carboxylic acids is 1. The summed E-state index contributed by atoms with van der Waals surface area (Å²) in [5, 5.41) is 5.75. The van der Waals surface area contributed by atoms with Crippen LogP contribution in [0.25, 0.3) is 28.2 Å². The molecular formula is C35H33BrFN3O3S. The van der Waals surface area contributed by atoms with Gasteiger partial charge in [-0.2, -0.15) is 5.10 Å². The third-order valence-corrected chi connectivity index (χ3v) is 9.94. The highest BCUT2D eigenvalue weighted by molar-refractivity contribution is 9.10. The predicted octanol–water partition coefficient (Wildman–Crippen LogP) is 9.77. The Balaban J connectivity index is 1.49. The summed E-state index contributed by atoms with van der Waals surface area (Å²) in [7, 11) is 1.36. The Morgan fingerprint density at radius 1 is 1.16 bits per heavy atom. The molecule has 44 heavy (non-hydrogen) atoms. The van der Waals surface area contributed by atoms with Gasteiger partial charge in [0, 0.05) is 50.7 Å². The maximum Gasteiger partial charge on any atom is 0.344 e. The molecule has 0 aliphatic carbocycles. The Morgan fingerprint density at radius 3 is 2.82 bits per heavy atom. The van der Waals surface area contributed by atoms with Crippen molar-refractivity contribution in [2.45, 2.75) is 39.2 Å². The fraction of sp³-hybridized carbons (Fsp3) is 0.257. The van der Waals surface area contributed by atoms with Crippen molar-refractivity contribution in [3.8, 4) is 22.8 Å². The molecule has 2 aromatic heterocycles. The summed E-state index contributed by atoms with van der Waals surface area (Å²) in [5.74, 6) is 0.159. The van der Waals surface area contributed by atoms with Crippen LogP contribution in [0.1, 0.15) is 50.3 Å². The van der Waals surface area contributed by atoms with E-state index in [-0.39, 0.29) is 17.2 Å². The van der Waals surface area contributed by atoms with Crippen LogP contribution in [0.2, 0.25) is 0 Å². The van der Waals surface area contributed by atoms with Crippen molar-refractivity contribution in [2.24, 2.45) is 5.41 Å². The summed E-state index contributed by atoms with van der Waals surface area (Å²) in [4.78, 5) is 16.5. The quantitative estimate of drug-likeness (QED) is 0.189. The Kier molecular flexibility index (Phi) is 8.69. The Hall–Kier alpha value is -3.82. The molecule has 1 unspecified atom stereocenters. The molecule has 0 saturated heterocycles. The topological polar surface area (TPSA) is 69.1 Å². The average Bonchev–Trinajstić information content (AvgIpc) is 3.68. The minimum absolute atomic E-state index is 0.0388. The first-order valence-electron chi connectivity index (χ1n) is 14.5. The van der Waals surface area contributed by atoms with Gasteiger partial charge < -0.3 is 14.5 Å². The van der Waals surface area contributed by atoms with Crippen molar-refractivity contribution in [3.05, 3.63) is 105 Å². The summed E-state index contributed by atoms with van der Waals surface area (Å²) < 4.78 is 30.2. The first-order valence-corrected chi connectivity index (χ1v) is 16.3. The second kappa shape index (κ2) is 12.7. The molecule has 226 valence electrons. The van der Waals surface area contributed by atoms with E-state index < -0.39 is 11.8 Å². The second-order valence-corrected chi connectivity index (χ2v) is 13.7. The number of aromatic amines is 1. The fourth-order valence-electron chi connectivity index (χ4n) is 5.61. The molecule has 0 spiro atoms. The van der Waals surface area contributed by atoms with Gasteiger partial charge in [-0.3, -0.25) is 4.68 Å². The first kappa shape index (κ1) is 30.2. The highest BCUT2D eigenvalue weighted by atomic mass is 79.9. The molecule has 1 N–H and O–H groups in total. The molecule has 1 aliphatic heterocycles. The van der Waals surface area contributed by atoms with Gasteiger partial charge in [0.2, 0.25) is 0 Å². The monoisotopic (exact) mass is 673 g/mol. The lowest BCUT2D eigenvalue weighted by molar-refractivity contribution is -0.135. The van der Waals surface area contributed by atoms with E-state index in [1.54, 1.807) is 18.3 Å². The summed E-state index contributed by atoms with van der Waals surface area (Å²) in [6, 6.07) is 21.2. The van der Waals surface area contributed by atoms with Gasteiger partial charge in [0.05, 0.1) is 23.8 Å². The average molecular weight is 675 g/mol. The molecule has 0 saturated carbocycles. The van der Waals surface area contributed by atoms with Crippen LogP contribution in [0, 0.1) is 11.2 Å². The van der Waals surface area contributed by atoms with Gasteiger partial charge in [-0.25, -0.2) is 9.18 Å². The van der Waals surface area contributed by atoms with Gasteiger partial charge in [-0.15, -0.1) is 11.8 Å². The molecule has 0 radical (unpaired) electrons. The number of hydrogen-bond donors (Lipinski definition) is 1. The third-order valence-electron chi connectivity index (χ3n) is 7.92. The molecule has 3 heterocycles. The van der Waals surface area contributed by atoms with E-state index >= 15 is 4.39 Å². The normalized spacial score (nSPS) is 18.3. The van der Waals surface area contributed by atoms with Gasteiger partial charge in [0.15, 0.2) is 11.6 Å². The lowest BCUT2D eigenvalue weighted by Gasteiger charge is -2.26. The largest absolute Gasteiger partial charge is 0.465 e. The van der Waals surface area contributed by atoms with Gasteiger partial charge in [0.1, 0.15) is 5.75 Å². The predicted molar refractivity (Wildman–Crippen MR) is 178 cm³/mol. The van der Waals surface area contributed by atoms with Crippen LogP contribution in [-0.4, -0.2) is 33.6 Å². The van der Waals surface area contributed by atoms with Crippen LogP contribution >= 0.6 is 27.7 Å². The number of thioether (sulfide) groups is 1. The molecule has 0 fully saturated rings.